The highest BCUT2D eigenvalue weighted by atomic mass is 35.5. The molecule has 0 amide bonds. The van der Waals surface area contributed by atoms with Crippen molar-refractivity contribution in [1.82, 2.24) is 4.98 Å². The van der Waals surface area contributed by atoms with E-state index >= 15 is 0 Å². The van der Waals surface area contributed by atoms with Crippen molar-refractivity contribution < 1.29 is 8.78 Å². The minimum atomic E-state index is -0.369. The molecule has 3 aromatic rings. The van der Waals surface area contributed by atoms with Crippen LogP contribution in [0.1, 0.15) is 18.4 Å². The highest BCUT2D eigenvalue weighted by Crippen LogP contribution is 2.37. The summed E-state index contributed by atoms with van der Waals surface area (Å²) >= 11 is 9.12. The molecule has 2 aromatic carbocycles. The lowest BCUT2D eigenvalue weighted by Gasteiger charge is -2.35. The molecule has 9 heteroatoms. The van der Waals surface area contributed by atoms with E-state index < -0.39 is 0 Å². The second kappa shape index (κ2) is 10.2. The number of rotatable bonds is 7. The van der Waals surface area contributed by atoms with Crippen LogP contribution in [0.25, 0.3) is 5.57 Å². The number of hydrogen-bond acceptors (Lipinski definition) is 6. The zero-order valence-corrected chi connectivity index (χ0v) is 19.8. The maximum atomic E-state index is 14.8. The number of anilines is 2. The van der Waals surface area contributed by atoms with Gasteiger partial charge in [-0.1, -0.05) is 29.8 Å². The Bertz CT molecular complexity index is 1090. The molecular formula is C23H23ClF2N4S2. The number of halogens is 3. The van der Waals surface area contributed by atoms with E-state index in [0.29, 0.717) is 28.0 Å². The maximum Gasteiger partial charge on any atom is 0.147 e. The molecule has 0 aliphatic heterocycles. The van der Waals surface area contributed by atoms with Gasteiger partial charge in [-0.3, -0.25) is 0 Å². The van der Waals surface area contributed by atoms with Crippen LogP contribution in [0.5, 0.6) is 0 Å². The Balaban J connectivity index is 1.52. The van der Waals surface area contributed by atoms with Gasteiger partial charge in [0.05, 0.1) is 21.1 Å². The lowest BCUT2D eigenvalue weighted by molar-refractivity contribution is 0.470. The van der Waals surface area contributed by atoms with Gasteiger partial charge in [0, 0.05) is 30.9 Å². The molecule has 0 saturated carbocycles. The van der Waals surface area contributed by atoms with Crippen LogP contribution in [0.3, 0.4) is 0 Å². The van der Waals surface area contributed by atoms with Crippen molar-refractivity contribution in [2.24, 2.45) is 11.7 Å². The van der Waals surface area contributed by atoms with Crippen molar-refractivity contribution in [1.29, 1.82) is 0 Å². The van der Waals surface area contributed by atoms with Crippen molar-refractivity contribution in [3.05, 3.63) is 75.6 Å². The van der Waals surface area contributed by atoms with Crippen molar-refractivity contribution in [2.75, 3.05) is 23.2 Å². The predicted octanol–water partition coefficient (Wildman–Crippen LogP) is 6.45. The van der Waals surface area contributed by atoms with Gasteiger partial charge in [-0.25, -0.2) is 13.8 Å². The zero-order valence-electron chi connectivity index (χ0n) is 17.4. The largest absolute Gasteiger partial charge is 0.373 e. The first-order valence-corrected chi connectivity index (χ1v) is 12.3. The minimum Gasteiger partial charge on any atom is -0.373 e. The first kappa shape index (κ1) is 23.0. The highest BCUT2D eigenvalue weighted by molar-refractivity contribution is 8.00. The van der Waals surface area contributed by atoms with Crippen molar-refractivity contribution in [3.63, 3.8) is 0 Å². The standard InChI is InChI=1S/C23H23ClF2N4S2/c1-30(11-17-16(3-2-4-20(17)27)14-5-7-15(25)8-6-14)21-10-19(26)22(9-18(21)24)32-29-23-12-31-13-28-23/h3,5-10,12-13,17,20,29H,2,4,11,27H2,1H3. The highest BCUT2D eigenvalue weighted by Gasteiger charge is 2.28. The van der Waals surface area contributed by atoms with Crippen LogP contribution >= 0.6 is 34.9 Å². The van der Waals surface area contributed by atoms with E-state index in [2.05, 4.69) is 15.8 Å². The van der Waals surface area contributed by atoms with Crippen LogP contribution in [-0.4, -0.2) is 24.6 Å². The Morgan fingerprint density at radius 2 is 2.06 bits per heavy atom. The molecule has 2 unspecified atom stereocenters. The smallest absolute Gasteiger partial charge is 0.147 e. The van der Waals surface area contributed by atoms with Gasteiger partial charge in [0.1, 0.15) is 17.5 Å². The lowest BCUT2D eigenvalue weighted by Crippen LogP contribution is -2.40. The molecule has 3 N–H and O–H groups in total. The fourth-order valence-electron chi connectivity index (χ4n) is 3.87. The Kier molecular flexibility index (Phi) is 7.35. The number of aromatic nitrogens is 1. The molecule has 0 fully saturated rings. The Labute approximate surface area is 199 Å². The molecule has 2 atom stereocenters. The number of nitrogens with two attached hydrogens (primary N) is 1. The molecule has 32 heavy (non-hydrogen) atoms. The second-order valence-electron chi connectivity index (χ2n) is 7.71. The monoisotopic (exact) mass is 492 g/mol. The molecule has 4 nitrogen and oxygen atoms in total. The summed E-state index contributed by atoms with van der Waals surface area (Å²) in [6.45, 7) is 0.563. The van der Waals surface area contributed by atoms with Gasteiger partial charge in [-0.15, -0.1) is 11.3 Å². The first-order chi connectivity index (χ1) is 15.4. The summed E-state index contributed by atoms with van der Waals surface area (Å²) in [6, 6.07) is 9.48. The van der Waals surface area contributed by atoms with Gasteiger partial charge in [0.2, 0.25) is 0 Å². The van der Waals surface area contributed by atoms with Crippen LogP contribution in [0, 0.1) is 17.6 Å². The van der Waals surface area contributed by atoms with Gasteiger partial charge in [-0.05, 0) is 60.2 Å². The molecule has 0 saturated heterocycles. The summed E-state index contributed by atoms with van der Waals surface area (Å²) in [5.74, 6) is 0.0423. The SMILES string of the molecule is CN(CC1C(c2ccc(F)cc2)=CCCC1N)c1cc(F)c(SNc2cscn2)cc1Cl. The van der Waals surface area contributed by atoms with Crippen molar-refractivity contribution in [3.8, 4) is 0 Å². The number of allylic oxidation sites excluding steroid dienone is 1. The molecule has 0 spiro atoms. The maximum absolute atomic E-state index is 14.8. The molecule has 168 valence electrons. The molecular weight excluding hydrogens is 470 g/mol. The predicted molar refractivity (Wildman–Crippen MR) is 131 cm³/mol. The molecule has 4 rings (SSSR count). The summed E-state index contributed by atoms with van der Waals surface area (Å²) in [5.41, 5.74) is 10.8. The summed E-state index contributed by atoms with van der Waals surface area (Å²) in [6.07, 6.45) is 3.91. The summed E-state index contributed by atoms with van der Waals surface area (Å²) in [5, 5.41) is 2.29. The fraction of sp³-hybridized carbons (Fsp3) is 0.261. The van der Waals surface area contributed by atoms with E-state index in [9.17, 15) is 8.78 Å². The number of nitrogens with one attached hydrogen (secondary N) is 1. The van der Waals surface area contributed by atoms with E-state index in [1.54, 1.807) is 23.7 Å². The van der Waals surface area contributed by atoms with Crippen LogP contribution in [-0.2, 0) is 0 Å². The van der Waals surface area contributed by atoms with E-state index in [-0.39, 0.29) is 23.6 Å². The topological polar surface area (TPSA) is 54.2 Å². The average molecular weight is 493 g/mol. The van der Waals surface area contributed by atoms with Gasteiger partial charge >= 0.3 is 0 Å². The van der Waals surface area contributed by atoms with Gasteiger partial charge in [0.15, 0.2) is 0 Å². The number of nitrogens with zero attached hydrogens (tertiary/aromatic N) is 2. The average Bonchev–Trinajstić information content (AvgIpc) is 3.30. The van der Waals surface area contributed by atoms with E-state index in [1.165, 1.54) is 29.5 Å². The number of thiazole rings is 1. The summed E-state index contributed by atoms with van der Waals surface area (Å²) in [7, 11) is 1.88. The number of benzene rings is 2. The van der Waals surface area contributed by atoms with Crippen molar-refractivity contribution in [2.45, 2.75) is 23.8 Å². The number of hydrogen-bond donors (Lipinski definition) is 2. The lowest BCUT2D eigenvalue weighted by atomic mass is 9.80. The van der Waals surface area contributed by atoms with Gasteiger partial charge in [-0.2, -0.15) is 0 Å². The summed E-state index contributed by atoms with van der Waals surface area (Å²) in [4.78, 5) is 6.44. The summed E-state index contributed by atoms with van der Waals surface area (Å²) < 4.78 is 31.2. The van der Waals surface area contributed by atoms with Crippen LogP contribution in [0.4, 0.5) is 20.3 Å². The normalized spacial score (nSPS) is 18.3. The quantitative estimate of drug-likeness (QED) is 0.371. The second-order valence-corrected chi connectivity index (χ2v) is 9.68. The zero-order chi connectivity index (χ0) is 22.7. The molecule has 1 aromatic heterocycles. The molecule has 0 radical (unpaired) electrons. The Morgan fingerprint density at radius 1 is 1.28 bits per heavy atom. The molecule has 0 bridgehead atoms. The Hall–Kier alpha value is -2.13. The fourth-order valence-corrected chi connectivity index (χ4v) is 5.47. The minimum absolute atomic E-state index is 0.0127. The molecule has 1 heterocycles. The Morgan fingerprint density at radius 3 is 2.78 bits per heavy atom. The third-order valence-electron chi connectivity index (χ3n) is 5.54. The van der Waals surface area contributed by atoms with E-state index in [0.717, 1.165) is 35.9 Å². The van der Waals surface area contributed by atoms with Crippen LogP contribution < -0.4 is 15.4 Å². The van der Waals surface area contributed by atoms with E-state index in [1.807, 2.05) is 17.3 Å². The third kappa shape index (κ3) is 5.26. The first-order valence-electron chi connectivity index (χ1n) is 10.1. The van der Waals surface area contributed by atoms with Crippen LogP contribution in [0.2, 0.25) is 5.02 Å². The third-order valence-corrected chi connectivity index (χ3v) is 7.27. The van der Waals surface area contributed by atoms with Crippen LogP contribution in [0.15, 0.2) is 58.3 Å². The van der Waals surface area contributed by atoms with Crippen molar-refractivity contribution >= 4 is 52.0 Å². The molecule has 1 aliphatic carbocycles. The van der Waals surface area contributed by atoms with E-state index in [4.69, 9.17) is 17.3 Å². The molecule has 1 aliphatic rings. The van der Waals surface area contributed by atoms with Gasteiger partial charge < -0.3 is 15.4 Å². The van der Waals surface area contributed by atoms with Gasteiger partial charge in [0.25, 0.3) is 0 Å².